The van der Waals surface area contributed by atoms with Crippen molar-refractivity contribution in [2.45, 2.75) is 26.2 Å². The van der Waals surface area contributed by atoms with E-state index in [0.717, 1.165) is 19.3 Å². The topological polar surface area (TPSA) is 26.3 Å². The van der Waals surface area contributed by atoms with Gasteiger partial charge < -0.3 is 4.74 Å². The molecule has 11 heavy (non-hydrogen) atoms. The van der Waals surface area contributed by atoms with Gasteiger partial charge in [-0.05, 0) is 19.3 Å². The Balaban J connectivity index is 3.43. The Morgan fingerprint density at radius 3 is 2.82 bits per heavy atom. The summed E-state index contributed by atoms with van der Waals surface area (Å²) in [5.41, 5.74) is 0. The molecule has 0 bridgehead atoms. The van der Waals surface area contributed by atoms with Crippen LogP contribution in [0.25, 0.3) is 0 Å². The number of rotatable bonds is 5. The van der Waals surface area contributed by atoms with Crippen molar-refractivity contribution in [3.05, 3.63) is 12.7 Å². The van der Waals surface area contributed by atoms with E-state index in [4.69, 9.17) is 0 Å². The van der Waals surface area contributed by atoms with Gasteiger partial charge in [0.05, 0.1) is 13.0 Å². The van der Waals surface area contributed by atoms with E-state index in [-0.39, 0.29) is 11.9 Å². The summed E-state index contributed by atoms with van der Waals surface area (Å²) in [5.74, 6) is -0.0889. The van der Waals surface area contributed by atoms with Crippen LogP contribution >= 0.6 is 0 Å². The van der Waals surface area contributed by atoms with Gasteiger partial charge in [0.1, 0.15) is 0 Å². The highest BCUT2D eigenvalue weighted by atomic mass is 16.5. The zero-order chi connectivity index (χ0) is 8.69. The van der Waals surface area contributed by atoms with Crippen LogP contribution in [0.15, 0.2) is 12.7 Å². The maximum absolute atomic E-state index is 10.9. The number of hydrogen-bond acceptors (Lipinski definition) is 2. The van der Waals surface area contributed by atoms with Crippen LogP contribution in [0.1, 0.15) is 26.2 Å². The standard InChI is InChI=1S/C9H16O2/c1-4-5-6-7-8(2)9(10)11-3/h4,8H,1,5-7H2,2-3H3/t8-/m0/s1. The van der Waals surface area contributed by atoms with Crippen LogP contribution in [0.5, 0.6) is 0 Å². The molecule has 0 radical (unpaired) electrons. The van der Waals surface area contributed by atoms with Crippen LogP contribution in [-0.4, -0.2) is 13.1 Å². The minimum Gasteiger partial charge on any atom is -0.469 e. The molecule has 0 unspecified atom stereocenters. The third kappa shape index (κ3) is 4.59. The lowest BCUT2D eigenvalue weighted by Crippen LogP contribution is -2.12. The van der Waals surface area contributed by atoms with Crippen molar-refractivity contribution in [3.63, 3.8) is 0 Å². The first kappa shape index (κ1) is 10.2. The molecule has 0 heterocycles. The monoisotopic (exact) mass is 156 g/mol. The Morgan fingerprint density at radius 1 is 1.73 bits per heavy atom. The lowest BCUT2D eigenvalue weighted by Gasteiger charge is -2.06. The van der Waals surface area contributed by atoms with Crippen molar-refractivity contribution in [2.24, 2.45) is 5.92 Å². The smallest absolute Gasteiger partial charge is 0.308 e. The zero-order valence-electron chi connectivity index (χ0n) is 7.30. The predicted octanol–water partition coefficient (Wildman–Crippen LogP) is 2.15. The average molecular weight is 156 g/mol. The molecule has 0 aliphatic rings. The molecule has 1 atom stereocenters. The molecule has 0 aliphatic carbocycles. The van der Waals surface area contributed by atoms with Crippen molar-refractivity contribution in [3.8, 4) is 0 Å². The maximum atomic E-state index is 10.9. The summed E-state index contributed by atoms with van der Waals surface area (Å²) in [7, 11) is 1.42. The SMILES string of the molecule is C=CCCC[C@H](C)C(=O)OC. The molecule has 0 aromatic carbocycles. The highest BCUT2D eigenvalue weighted by Gasteiger charge is 2.11. The van der Waals surface area contributed by atoms with Crippen molar-refractivity contribution < 1.29 is 9.53 Å². The lowest BCUT2D eigenvalue weighted by atomic mass is 10.0. The van der Waals surface area contributed by atoms with Gasteiger partial charge in [0.2, 0.25) is 0 Å². The van der Waals surface area contributed by atoms with Gasteiger partial charge >= 0.3 is 5.97 Å². The van der Waals surface area contributed by atoms with Crippen LogP contribution in [0.3, 0.4) is 0 Å². The molecule has 0 saturated heterocycles. The molecule has 0 saturated carbocycles. The fourth-order valence-electron chi connectivity index (χ4n) is 0.887. The molecule has 64 valence electrons. The van der Waals surface area contributed by atoms with Crippen LogP contribution in [0.4, 0.5) is 0 Å². The van der Waals surface area contributed by atoms with Gasteiger partial charge in [-0.1, -0.05) is 13.0 Å². The number of methoxy groups -OCH3 is 1. The second kappa shape index (κ2) is 5.96. The lowest BCUT2D eigenvalue weighted by molar-refractivity contribution is -0.145. The Hall–Kier alpha value is -0.790. The predicted molar refractivity (Wildman–Crippen MR) is 45.2 cm³/mol. The van der Waals surface area contributed by atoms with E-state index in [1.165, 1.54) is 7.11 Å². The van der Waals surface area contributed by atoms with Crippen molar-refractivity contribution in [2.75, 3.05) is 7.11 Å². The molecule has 0 aromatic heterocycles. The van der Waals surface area contributed by atoms with Crippen LogP contribution in [-0.2, 0) is 9.53 Å². The highest BCUT2D eigenvalue weighted by molar-refractivity contribution is 5.71. The minimum absolute atomic E-state index is 0.0277. The molecule has 2 nitrogen and oxygen atoms in total. The van der Waals surface area contributed by atoms with Gasteiger partial charge in [0.25, 0.3) is 0 Å². The van der Waals surface area contributed by atoms with Gasteiger partial charge in [-0.25, -0.2) is 0 Å². The van der Waals surface area contributed by atoms with E-state index in [9.17, 15) is 4.79 Å². The summed E-state index contributed by atoms with van der Waals surface area (Å²) >= 11 is 0. The molecular formula is C9H16O2. The van der Waals surface area contributed by atoms with E-state index in [2.05, 4.69) is 11.3 Å². The van der Waals surface area contributed by atoms with Crippen molar-refractivity contribution in [1.29, 1.82) is 0 Å². The summed E-state index contributed by atoms with van der Waals surface area (Å²) in [6, 6.07) is 0. The van der Waals surface area contributed by atoms with Gasteiger partial charge in [-0.3, -0.25) is 4.79 Å². The quantitative estimate of drug-likeness (QED) is 0.346. The van der Waals surface area contributed by atoms with E-state index in [0.29, 0.717) is 0 Å². The first-order chi connectivity index (χ1) is 5.22. The normalized spacial score (nSPS) is 12.2. The molecule has 0 aromatic rings. The van der Waals surface area contributed by atoms with Gasteiger partial charge in [0, 0.05) is 0 Å². The number of esters is 1. The number of carbonyl (C=O) groups is 1. The fraction of sp³-hybridized carbons (Fsp3) is 0.667. The summed E-state index contributed by atoms with van der Waals surface area (Å²) in [6.45, 7) is 5.49. The van der Waals surface area contributed by atoms with Gasteiger partial charge in [-0.15, -0.1) is 6.58 Å². The van der Waals surface area contributed by atoms with Gasteiger partial charge in [-0.2, -0.15) is 0 Å². The minimum atomic E-state index is -0.117. The first-order valence-electron chi connectivity index (χ1n) is 3.91. The number of hydrogen-bond donors (Lipinski definition) is 0. The molecule has 0 amide bonds. The molecule has 0 N–H and O–H groups in total. The second-order valence-corrected chi connectivity index (χ2v) is 2.64. The molecular weight excluding hydrogens is 140 g/mol. The van der Waals surface area contributed by atoms with E-state index < -0.39 is 0 Å². The maximum Gasteiger partial charge on any atom is 0.308 e. The third-order valence-corrected chi connectivity index (χ3v) is 1.65. The van der Waals surface area contributed by atoms with E-state index in [1.807, 2.05) is 13.0 Å². The molecule has 0 rings (SSSR count). The molecule has 0 spiro atoms. The van der Waals surface area contributed by atoms with Crippen LogP contribution < -0.4 is 0 Å². The molecule has 2 heteroatoms. The average Bonchev–Trinajstić information content (AvgIpc) is 2.03. The zero-order valence-corrected chi connectivity index (χ0v) is 7.30. The summed E-state index contributed by atoms with van der Waals surface area (Å²) in [5, 5.41) is 0. The van der Waals surface area contributed by atoms with Crippen molar-refractivity contribution in [1.82, 2.24) is 0 Å². The van der Waals surface area contributed by atoms with E-state index in [1.54, 1.807) is 0 Å². The highest BCUT2D eigenvalue weighted by Crippen LogP contribution is 2.08. The Kier molecular flexibility index (Phi) is 5.53. The number of carbonyl (C=O) groups excluding carboxylic acids is 1. The Morgan fingerprint density at radius 2 is 2.36 bits per heavy atom. The summed E-state index contributed by atoms with van der Waals surface area (Å²) in [4.78, 5) is 10.9. The summed E-state index contributed by atoms with van der Waals surface area (Å²) < 4.78 is 4.58. The largest absolute Gasteiger partial charge is 0.469 e. The number of unbranched alkanes of at least 4 members (excludes halogenated alkanes) is 1. The van der Waals surface area contributed by atoms with Crippen LogP contribution in [0.2, 0.25) is 0 Å². The summed E-state index contributed by atoms with van der Waals surface area (Å²) in [6.07, 6.45) is 4.74. The van der Waals surface area contributed by atoms with Gasteiger partial charge in [0.15, 0.2) is 0 Å². The van der Waals surface area contributed by atoms with Crippen LogP contribution in [0, 0.1) is 5.92 Å². The van der Waals surface area contributed by atoms with Crippen molar-refractivity contribution >= 4 is 5.97 Å². The first-order valence-corrected chi connectivity index (χ1v) is 3.91. The second-order valence-electron chi connectivity index (χ2n) is 2.64. The molecule has 0 fully saturated rings. The molecule has 0 aliphatic heterocycles. The third-order valence-electron chi connectivity index (χ3n) is 1.65. The fourth-order valence-corrected chi connectivity index (χ4v) is 0.887. The Bertz CT molecular complexity index is 130. The number of allylic oxidation sites excluding steroid dienone is 1. The Labute approximate surface area is 68.2 Å². The number of ether oxygens (including phenoxy) is 1. The van der Waals surface area contributed by atoms with E-state index >= 15 is 0 Å².